The van der Waals surface area contributed by atoms with E-state index < -0.39 is 0 Å². The number of hydrogen-bond acceptors (Lipinski definition) is 3. The Morgan fingerprint density at radius 3 is 2.35 bits per heavy atom. The topological polar surface area (TPSA) is 30.5 Å². The Labute approximate surface area is 102 Å². The smallest absolute Gasteiger partial charge is 0.161 e. The Morgan fingerprint density at radius 1 is 1.06 bits per heavy atom. The summed E-state index contributed by atoms with van der Waals surface area (Å²) in [6, 6.07) is 4.80. The number of benzene rings is 1. The van der Waals surface area contributed by atoms with Crippen LogP contribution in [-0.4, -0.2) is 20.3 Å². The first-order valence-electron chi connectivity index (χ1n) is 6.40. The molecule has 0 saturated carbocycles. The molecule has 2 aliphatic rings. The van der Waals surface area contributed by atoms with Gasteiger partial charge in [0.05, 0.1) is 0 Å². The van der Waals surface area contributed by atoms with E-state index in [-0.39, 0.29) is 0 Å². The lowest BCUT2D eigenvalue weighted by Gasteiger charge is -2.31. The molecule has 17 heavy (non-hydrogen) atoms. The van der Waals surface area contributed by atoms with Gasteiger partial charge in [-0.05, 0) is 49.1 Å². The molecule has 0 fully saturated rings. The zero-order valence-electron chi connectivity index (χ0n) is 10.5. The second kappa shape index (κ2) is 4.22. The molecule has 3 rings (SSSR count). The van der Waals surface area contributed by atoms with Gasteiger partial charge in [-0.1, -0.05) is 6.92 Å². The molecule has 3 nitrogen and oxygen atoms in total. The van der Waals surface area contributed by atoms with E-state index in [9.17, 15) is 0 Å². The monoisotopic (exact) mass is 233 g/mol. The Morgan fingerprint density at radius 2 is 1.71 bits per heavy atom. The van der Waals surface area contributed by atoms with Gasteiger partial charge in [0.1, 0.15) is 13.2 Å². The van der Waals surface area contributed by atoms with Crippen LogP contribution in [0.25, 0.3) is 0 Å². The lowest BCUT2D eigenvalue weighted by molar-refractivity contribution is 0.170. The number of nitrogens with one attached hydrogen (secondary N) is 1. The molecule has 1 aromatic carbocycles. The van der Waals surface area contributed by atoms with Gasteiger partial charge in [0.15, 0.2) is 11.5 Å². The van der Waals surface area contributed by atoms with Crippen LogP contribution in [0.1, 0.15) is 42.9 Å². The number of fused-ring (bicyclic) bond motifs is 2. The molecule has 1 aromatic rings. The van der Waals surface area contributed by atoms with Crippen molar-refractivity contribution in [2.45, 2.75) is 31.7 Å². The van der Waals surface area contributed by atoms with Gasteiger partial charge in [0.2, 0.25) is 0 Å². The van der Waals surface area contributed by atoms with Crippen LogP contribution < -0.4 is 14.8 Å². The van der Waals surface area contributed by atoms with Crippen molar-refractivity contribution in [3.05, 3.63) is 23.3 Å². The van der Waals surface area contributed by atoms with Crippen molar-refractivity contribution >= 4 is 0 Å². The Balaban J connectivity index is 2.08. The summed E-state index contributed by atoms with van der Waals surface area (Å²) in [6.07, 6.45) is 2.43. The molecule has 2 unspecified atom stereocenters. The Bertz CT molecular complexity index is 430. The molecule has 0 bridgehead atoms. The van der Waals surface area contributed by atoms with Crippen LogP contribution in [0.15, 0.2) is 12.1 Å². The minimum absolute atomic E-state index is 0.456. The zero-order valence-corrected chi connectivity index (χ0v) is 10.5. The predicted octanol–water partition coefficient (Wildman–Crippen LogP) is 2.62. The summed E-state index contributed by atoms with van der Waals surface area (Å²) in [6.45, 7) is 3.61. The van der Waals surface area contributed by atoms with Crippen molar-refractivity contribution < 1.29 is 9.47 Å². The highest BCUT2D eigenvalue weighted by Crippen LogP contribution is 2.43. The van der Waals surface area contributed by atoms with Crippen LogP contribution in [0.2, 0.25) is 0 Å². The Kier molecular flexibility index (Phi) is 2.71. The summed E-state index contributed by atoms with van der Waals surface area (Å²) < 4.78 is 11.3. The second-order valence-electron chi connectivity index (χ2n) is 4.94. The fourth-order valence-corrected chi connectivity index (χ4v) is 2.88. The fraction of sp³-hybridized carbons (Fsp3) is 0.571. The van der Waals surface area contributed by atoms with E-state index in [1.165, 1.54) is 24.0 Å². The first-order chi connectivity index (χ1) is 8.29. The summed E-state index contributed by atoms with van der Waals surface area (Å²) in [5, 5.41) is 3.39. The Hall–Kier alpha value is -1.22. The summed E-state index contributed by atoms with van der Waals surface area (Å²) in [5.41, 5.74) is 2.80. The SMILES string of the molecule is CNC1CCC(C)c2cc3c(cc21)OCCO3. The highest BCUT2D eigenvalue weighted by molar-refractivity contribution is 5.51. The molecular formula is C14H19NO2. The molecule has 92 valence electrons. The molecule has 1 N–H and O–H groups in total. The number of hydrogen-bond donors (Lipinski definition) is 1. The summed E-state index contributed by atoms with van der Waals surface area (Å²) in [4.78, 5) is 0. The molecule has 0 aromatic heterocycles. The standard InChI is InChI=1S/C14H19NO2/c1-9-3-4-12(15-2)11-8-14-13(7-10(9)11)16-5-6-17-14/h7-9,12,15H,3-6H2,1-2H3. The van der Waals surface area contributed by atoms with E-state index in [1.807, 2.05) is 7.05 Å². The normalized spacial score (nSPS) is 26.5. The van der Waals surface area contributed by atoms with Gasteiger partial charge in [0, 0.05) is 6.04 Å². The van der Waals surface area contributed by atoms with Gasteiger partial charge >= 0.3 is 0 Å². The molecule has 1 aliphatic carbocycles. The number of rotatable bonds is 1. The first-order valence-corrected chi connectivity index (χ1v) is 6.40. The summed E-state index contributed by atoms with van der Waals surface area (Å²) in [7, 11) is 2.03. The number of ether oxygens (including phenoxy) is 2. The quantitative estimate of drug-likeness (QED) is 0.808. The first kappa shape index (κ1) is 10.9. The van der Waals surface area contributed by atoms with Crippen LogP contribution >= 0.6 is 0 Å². The van der Waals surface area contributed by atoms with Gasteiger partial charge < -0.3 is 14.8 Å². The van der Waals surface area contributed by atoms with E-state index in [0.29, 0.717) is 25.2 Å². The maximum absolute atomic E-state index is 5.66. The third-order valence-electron chi connectivity index (χ3n) is 3.89. The lowest BCUT2D eigenvalue weighted by atomic mass is 9.80. The lowest BCUT2D eigenvalue weighted by Crippen LogP contribution is -2.24. The highest BCUT2D eigenvalue weighted by atomic mass is 16.6. The molecule has 1 heterocycles. The molecule has 0 radical (unpaired) electrons. The van der Waals surface area contributed by atoms with Crippen molar-refractivity contribution in [3.8, 4) is 11.5 Å². The van der Waals surface area contributed by atoms with Gasteiger partial charge in [-0.2, -0.15) is 0 Å². The van der Waals surface area contributed by atoms with Crippen molar-refractivity contribution in [1.82, 2.24) is 5.32 Å². The molecule has 0 amide bonds. The van der Waals surface area contributed by atoms with Gasteiger partial charge in [-0.3, -0.25) is 0 Å². The second-order valence-corrected chi connectivity index (χ2v) is 4.94. The maximum atomic E-state index is 5.66. The largest absolute Gasteiger partial charge is 0.486 e. The maximum Gasteiger partial charge on any atom is 0.161 e. The highest BCUT2D eigenvalue weighted by Gasteiger charge is 2.27. The van der Waals surface area contributed by atoms with Gasteiger partial charge in [-0.25, -0.2) is 0 Å². The third kappa shape index (κ3) is 1.78. The third-order valence-corrected chi connectivity index (χ3v) is 3.89. The van der Waals surface area contributed by atoms with Gasteiger partial charge in [0.25, 0.3) is 0 Å². The fourth-order valence-electron chi connectivity index (χ4n) is 2.88. The van der Waals surface area contributed by atoms with E-state index >= 15 is 0 Å². The van der Waals surface area contributed by atoms with Crippen LogP contribution in [-0.2, 0) is 0 Å². The van der Waals surface area contributed by atoms with Crippen LogP contribution in [0.4, 0.5) is 0 Å². The average Bonchev–Trinajstić information content (AvgIpc) is 2.38. The average molecular weight is 233 g/mol. The van der Waals surface area contributed by atoms with E-state index in [0.717, 1.165) is 11.5 Å². The van der Waals surface area contributed by atoms with E-state index in [4.69, 9.17) is 9.47 Å². The van der Waals surface area contributed by atoms with Crippen LogP contribution in [0.5, 0.6) is 11.5 Å². The minimum atomic E-state index is 0.456. The summed E-state index contributed by atoms with van der Waals surface area (Å²) >= 11 is 0. The molecular weight excluding hydrogens is 214 g/mol. The van der Waals surface area contributed by atoms with Crippen molar-refractivity contribution in [2.75, 3.05) is 20.3 Å². The van der Waals surface area contributed by atoms with E-state index in [2.05, 4.69) is 24.4 Å². The minimum Gasteiger partial charge on any atom is -0.486 e. The summed E-state index contributed by atoms with van der Waals surface area (Å²) in [5.74, 6) is 2.44. The molecule has 3 heteroatoms. The van der Waals surface area contributed by atoms with Crippen molar-refractivity contribution in [2.24, 2.45) is 0 Å². The molecule has 0 spiro atoms. The zero-order chi connectivity index (χ0) is 11.8. The van der Waals surface area contributed by atoms with Crippen molar-refractivity contribution in [1.29, 1.82) is 0 Å². The van der Waals surface area contributed by atoms with Gasteiger partial charge in [-0.15, -0.1) is 0 Å². The van der Waals surface area contributed by atoms with E-state index in [1.54, 1.807) is 0 Å². The molecule has 1 aliphatic heterocycles. The molecule has 0 saturated heterocycles. The van der Waals surface area contributed by atoms with Crippen LogP contribution in [0, 0.1) is 0 Å². The van der Waals surface area contributed by atoms with Crippen molar-refractivity contribution in [3.63, 3.8) is 0 Å². The predicted molar refractivity (Wildman–Crippen MR) is 66.9 cm³/mol. The van der Waals surface area contributed by atoms with Crippen LogP contribution in [0.3, 0.4) is 0 Å². The molecule has 2 atom stereocenters.